The summed E-state index contributed by atoms with van der Waals surface area (Å²) in [5.41, 5.74) is 3.31. The molecular weight excluding hydrogens is 364 g/mol. The highest BCUT2D eigenvalue weighted by molar-refractivity contribution is 7.99. The summed E-state index contributed by atoms with van der Waals surface area (Å²) in [6, 6.07) is 11.1. The van der Waals surface area contributed by atoms with Gasteiger partial charge in [-0.3, -0.25) is 4.79 Å². The van der Waals surface area contributed by atoms with Gasteiger partial charge in [0.2, 0.25) is 11.1 Å². The molecule has 0 saturated carbocycles. The number of hydrogen-bond acceptors (Lipinski definition) is 7. The molecule has 0 spiro atoms. The average Bonchev–Trinajstić information content (AvgIpc) is 3.16. The Bertz CT molecular complexity index is 999. The minimum absolute atomic E-state index is 0.131. The SMILES string of the molecule is Cc1cc(C)n(-c2nnc(SCC(=O)Nc3ccc(CC#N)cc3)n2N)n1. The monoisotopic (exact) mass is 382 g/mol. The largest absolute Gasteiger partial charge is 0.334 e. The van der Waals surface area contributed by atoms with Gasteiger partial charge in [-0.1, -0.05) is 23.9 Å². The molecule has 27 heavy (non-hydrogen) atoms. The summed E-state index contributed by atoms with van der Waals surface area (Å²) in [6.07, 6.45) is 0.341. The Balaban J connectivity index is 1.61. The number of aryl methyl sites for hydroxylation is 2. The first-order valence-electron chi connectivity index (χ1n) is 8.10. The molecule has 10 heteroatoms. The number of nitrogens with one attached hydrogen (secondary N) is 1. The molecule has 0 aliphatic carbocycles. The number of carbonyl (C=O) groups excluding carboxylic acids is 1. The van der Waals surface area contributed by atoms with Crippen molar-refractivity contribution in [3.63, 3.8) is 0 Å². The van der Waals surface area contributed by atoms with Gasteiger partial charge in [-0.2, -0.15) is 10.4 Å². The number of nitriles is 1. The van der Waals surface area contributed by atoms with Crippen LogP contribution in [0.5, 0.6) is 0 Å². The smallest absolute Gasteiger partial charge is 0.271 e. The van der Waals surface area contributed by atoms with Gasteiger partial charge in [-0.15, -0.1) is 10.2 Å². The zero-order valence-electron chi connectivity index (χ0n) is 14.9. The first-order valence-corrected chi connectivity index (χ1v) is 9.09. The van der Waals surface area contributed by atoms with E-state index in [0.717, 1.165) is 17.0 Å². The Morgan fingerprint density at radius 3 is 2.67 bits per heavy atom. The highest BCUT2D eigenvalue weighted by Gasteiger charge is 2.16. The van der Waals surface area contributed by atoms with Gasteiger partial charge >= 0.3 is 0 Å². The lowest BCUT2D eigenvalue weighted by Crippen LogP contribution is -2.18. The molecule has 0 saturated heterocycles. The van der Waals surface area contributed by atoms with Crippen molar-refractivity contribution in [1.29, 1.82) is 5.26 Å². The fraction of sp³-hybridized carbons (Fsp3) is 0.235. The van der Waals surface area contributed by atoms with Gasteiger partial charge in [0.25, 0.3) is 5.95 Å². The van der Waals surface area contributed by atoms with Gasteiger partial charge in [-0.05, 0) is 37.6 Å². The number of anilines is 1. The van der Waals surface area contributed by atoms with E-state index in [2.05, 4.69) is 26.7 Å². The van der Waals surface area contributed by atoms with E-state index in [-0.39, 0.29) is 11.7 Å². The predicted molar refractivity (Wildman–Crippen MR) is 102 cm³/mol. The Morgan fingerprint density at radius 1 is 1.30 bits per heavy atom. The van der Waals surface area contributed by atoms with E-state index in [4.69, 9.17) is 11.1 Å². The summed E-state index contributed by atoms with van der Waals surface area (Å²) in [6.45, 7) is 3.78. The van der Waals surface area contributed by atoms with Crippen molar-refractivity contribution in [1.82, 2.24) is 24.7 Å². The number of nitrogens with zero attached hydrogens (tertiary/aromatic N) is 6. The van der Waals surface area contributed by atoms with E-state index >= 15 is 0 Å². The van der Waals surface area contributed by atoms with E-state index in [0.29, 0.717) is 23.2 Å². The average molecular weight is 382 g/mol. The number of benzene rings is 1. The molecular formula is C17H18N8OS. The molecule has 0 atom stereocenters. The molecule has 0 aliphatic rings. The lowest BCUT2D eigenvalue weighted by Gasteiger charge is -2.06. The van der Waals surface area contributed by atoms with Gasteiger partial charge < -0.3 is 11.2 Å². The number of nitrogen functional groups attached to an aromatic ring is 1. The van der Waals surface area contributed by atoms with Crippen molar-refractivity contribution in [3.05, 3.63) is 47.3 Å². The van der Waals surface area contributed by atoms with Gasteiger partial charge in [0.15, 0.2) is 0 Å². The second kappa shape index (κ2) is 7.92. The van der Waals surface area contributed by atoms with E-state index in [9.17, 15) is 4.79 Å². The number of rotatable bonds is 6. The van der Waals surface area contributed by atoms with Crippen LogP contribution in [0.15, 0.2) is 35.5 Å². The van der Waals surface area contributed by atoms with Crippen molar-refractivity contribution in [3.8, 4) is 12.0 Å². The molecule has 3 aromatic rings. The molecule has 3 N–H and O–H groups in total. The van der Waals surface area contributed by atoms with E-state index in [1.54, 1.807) is 16.8 Å². The second-order valence-electron chi connectivity index (χ2n) is 5.86. The number of carbonyl (C=O) groups is 1. The van der Waals surface area contributed by atoms with Crippen LogP contribution < -0.4 is 11.2 Å². The third kappa shape index (κ3) is 4.27. The third-order valence-corrected chi connectivity index (χ3v) is 4.64. The Labute approximate surface area is 160 Å². The van der Waals surface area contributed by atoms with Crippen LogP contribution >= 0.6 is 11.8 Å². The normalized spacial score (nSPS) is 10.6. The van der Waals surface area contributed by atoms with Crippen LogP contribution in [0.25, 0.3) is 5.95 Å². The number of amides is 1. The molecule has 0 unspecified atom stereocenters. The second-order valence-corrected chi connectivity index (χ2v) is 6.80. The summed E-state index contributed by atoms with van der Waals surface area (Å²) in [5.74, 6) is 6.38. The van der Waals surface area contributed by atoms with Crippen molar-refractivity contribution >= 4 is 23.4 Å². The topological polar surface area (TPSA) is 127 Å². The van der Waals surface area contributed by atoms with Crippen LogP contribution in [0, 0.1) is 25.2 Å². The molecule has 2 aromatic heterocycles. The van der Waals surface area contributed by atoms with Gasteiger partial charge in [0.1, 0.15) is 0 Å². The van der Waals surface area contributed by atoms with Gasteiger partial charge in [0, 0.05) is 11.4 Å². The zero-order chi connectivity index (χ0) is 19.4. The maximum Gasteiger partial charge on any atom is 0.271 e. The van der Waals surface area contributed by atoms with E-state index < -0.39 is 0 Å². The van der Waals surface area contributed by atoms with Crippen LogP contribution in [0.1, 0.15) is 17.0 Å². The highest BCUT2D eigenvalue weighted by atomic mass is 32.2. The lowest BCUT2D eigenvalue weighted by atomic mass is 10.1. The van der Waals surface area contributed by atoms with Crippen LogP contribution in [0.3, 0.4) is 0 Å². The standard InChI is InChI=1S/C17H18N8OS/c1-11-9-12(2)25(23-11)16-21-22-17(24(16)19)27-10-15(26)20-14-5-3-13(4-6-14)7-8-18/h3-6,9H,7,10,19H2,1-2H3,(H,20,26). The van der Waals surface area contributed by atoms with E-state index in [1.807, 2.05) is 32.0 Å². The van der Waals surface area contributed by atoms with Crippen molar-refractivity contribution in [2.24, 2.45) is 0 Å². The molecule has 0 fully saturated rings. The maximum atomic E-state index is 12.1. The summed E-state index contributed by atoms with van der Waals surface area (Å²) < 4.78 is 2.92. The molecule has 138 valence electrons. The molecule has 0 bridgehead atoms. The van der Waals surface area contributed by atoms with Crippen molar-refractivity contribution in [2.45, 2.75) is 25.4 Å². The summed E-state index contributed by atoms with van der Waals surface area (Å²) in [4.78, 5) is 12.1. The van der Waals surface area contributed by atoms with Gasteiger partial charge in [0.05, 0.1) is 23.9 Å². The van der Waals surface area contributed by atoms with Crippen LogP contribution in [0.2, 0.25) is 0 Å². The Kier molecular flexibility index (Phi) is 5.42. The Morgan fingerprint density at radius 2 is 2.04 bits per heavy atom. The van der Waals surface area contributed by atoms with Crippen LogP contribution in [-0.4, -0.2) is 36.3 Å². The van der Waals surface area contributed by atoms with Crippen molar-refractivity contribution < 1.29 is 4.79 Å². The first kappa shape index (κ1) is 18.5. The number of nitrogens with two attached hydrogens (primary N) is 1. The van der Waals surface area contributed by atoms with Crippen LogP contribution in [-0.2, 0) is 11.2 Å². The maximum absolute atomic E-state index is 12.1. The summed E-state index contributed by atoms with van der Waals surface area (Å²) in [7, 11) is 0. The Hall–Kier alpha value is -3.32. The molecule has 1 aromatic carbocycles. The summed E-state index contributed by atoms with van der Waals surface area (Å²) >= 11 is 1.18. The number of aromatic nitrogens is 5. The van der Waals surface area contributed by atoms with Crippen LogP contribution in [0.4, 0.5) is 5.69 Å². The highest BCUT2D eigenvalue weighted by Crippen LogP contribution is 2.18. The lowest BCUT2D eigenvalue weighted by molar-refractivity contribution is -0.113. The van der Waals surface area contributed by atoms with Gasteiger partial charge in [-0.25, -0.2) is 9.36 Å². The molecule has 3 rings (SSSR count). The first-order chi connectivity index (χ1) is 13.0. The third-order valence-electron chi connectivity index (χ3n) is 3.70. The number of thioether (sulfide) groups is 1. The van der Waals surface area contributed by atoms with Crippen molar-refractivity contribution in [2.75, 3.05) is 16.9 Å². The summed E-state index contributed by atoms with van der Waals surface area (Å²) in [5, 5.41) is 24.3. The predicted octanol–water partition coefficient (Wildman–Crippen LogP) is 1.59. The molecule has 9 nitrogen and oxygen atoms in total. The minimum Gasteiger partial charge on any atom is -0.334 e. The molecule has 0 radical (unpaired) electrons. The molecule has 0 aliphatic heterocycles. The fourth-order valence-electron chi connectivity index (χ4n) is 2.47. The zero-order valence-corrected chi connectivity index (χ0v) is 15.7. The molecule has 2 heterocycles. The quantitative estimate of drug-likeness (QED) is 0.489. The fourth-order valence-corrected chi connectivity index (χ4v) is 3.12. The molecule has 1 amide bonds. The minimum atomic E-state index is -0.191. The van der Waals surface area contributed by atoms with E-state index in [1.165, 1.54) is 16.4 Å². The number of hydrogen-bond donors (Lipinski definition) is 2.